The van der Waals surface area contributed by atoms with Gasteiger partial charge in [-0.15, -0.1) is 10.2 Å². The predicted molar refractivity (Wildman–Crippen MR) is 78.3 cm³/mol. The Bertz CT molecular complexity index is 466. The molecule has 2 fully saturated rings. The van der Waals surface area contributed by atoms with Crippen LogP contribution in [-0.4, -0.2) is 35.2 Å². The lowest BCUT2D eigenvalue weighted by Crippen LogP contribution is -2.58. The van der Waals surface area contributed by atoms with Gasteiger partial charge in [-0.3, -0.25) is 4.79 Å². The van der Waals surface area contributed by atoms with Gasteiger partial charge in [0.15, 0.2) is 3.92 Å². The third kappa shape index (κ3) is 2.76. The first kappa shape index (κ1) is 13.3. The zero-order valence-corrected chi connectivity index (χ0v) is 13.2. The summed E-state index contributed by atoms with van der Waals surface area (Å²) in [5, 5.41) is 12.4. The summed E-state index contributed by atoms with van der Waals surface area (Å²) in [4.78, 5) is 13.7. The van der Waals surface area contributed by atoms with Gasteiger partial charge < -0.3 is 10.2 Å². The molecule has 1 aliphatic heterocycles. The molecule has 19 heavy (non-hydrogen) atoms. The summed E-state index contributed by atoms with van der Waals surface area (Å²) in [7, 11) is 0. The number of nitrogens with zero attached hydrogens (tertiary/aromatic N) is 3. The molecule has 0 spiro atoms. The van der Waals surface area contributed by atoms with Crippen LogP contribution < -0.4 is 10.2 Å². The number of aromatic nitrogens is 2. The summed E-state index contributed by atoms with van der Waals surface area (Å²) >= 11 is 4.95. The quantitative estimate of drug-likeness (QED) is 0.891. The minimum Gasteiger partial charge on any atom is -0.353 e. The molecule has 5 nitrogen and oxygen atoms in total. The topological polar surface area (TPSA) is 58.1 Å². The molecule has 1 saturated carbocycles. The average molecular weight is 345 g/mol. The monoisotopic (exact) mass is 344 g/mol. The molecule has 1 aromatic heterocycles. The van der Waals surface area contributed by atoms with Gasteiger partial charge in [0, 0.05) is 26.1 Å². The van der Waals surface area contributed by atoms with Crippen LogP contribution in [0.3, 0.4) is 0 Å². The maximum Gasteiger partial charge on any atom is 0.217 e. The zero-order valence-electron chi connectivity index (χ0n) is 10.8. The second-order valence-electron chi connectivity index (χ2n) is 5.42. The fourth-order valence-corrected chi connectivity index (χ4v) is 4.50. The van der Waals surface area contributed by atoms with Gasteiger partial charge in [-0.2, -0.15) is 0 Å². The number of rotatable bonds is 2. The highest BCUT2D eigenvalue weighted by Crippen LogP contribution is 2.37. The summed E-state index contributed by atoms with van der Waals surface area (Å²) < 4.78 is 0.830. The molecule has 3 rings (SSSR count). The van der Waals surface area contributed by atoms with Crippen LogP contribution in [0.4, 0.5) is 5.13 Å². The van der Waals surface area contributed by atoms with Gasteiger partial charge >= 0.3 is 0 Å². The van der Waals surface area contributed by atoms with E-state index in [1.165, 1.54) is 19.3 Å². The number of anilines is 1. The van der Waals surface area contributed by atoms with Crippen molar-refractivity contribution in [2.45, 2.75) is 32.2 Å². The largest absolute Gasteiger partial charge is 0.353 e. The van der Waals surface area contributed by atoms with E-state index in [1.54, 1.807) is 18.3 Å². The molecule has 7 heteroatoms. The van der Waals surface area contributed by atoms with E-state index < -0.39 is 0 Å². The summed E-state index contributed by atoms with van der Waals surface area (Å²) in [5.41, 5.74) is 0. The number of amides is 1. The fraction of sp³-hybridized carbons (Fsp3) is 0.750. The number of carbonyl (C=O) groups excluding carboxylic acids is 1. The molecule has 0 aromatic carbocycles. The molecular weight excluding hydrogens is 328 g/mol. The van der Waals surface area contributed by atoms with Crippen molar-refractivity contribution < 1.29 is 4.79 Å². The second-order valence-corrected chi connectivity index (χ2v) is 7.65. The van der Waals surface area contributed by atoms with E-state index in [2.05, 4.69) is 36.3 Å². The Morgan fingerprint density at radius 1 is 1.37 bits per heavy atom. The number of piperidine rings is 1. The van der Waals surface area contributed by atoms with Gasteiger partial charge in [-0.05, 0) is 40.6 Å². The van der Waals surface area contributed by atoms with Gasteiger partial charge in [-0.25, -0.2) is 0 Å². The van der Waals surface area contributed by atoms with Crippen molar-refractivity contribution in [3.05, 3.63) is 3.92 Å². The normalized spacial score (nSPS) is 30.2. The maximum absolute atomic E-state index is 11.3. The molecule has 3 atom stereocenters. The second kappa shape index (κ2) is 5.36. The molecule has 2 heterocycles. The minimum atomic E-state index is 0.0917. The number of carbonyl (C=O) groups is 1. The number of halogens is 1. The molecular formula is C12H17BrN4OS. The Balaban J connectivity index is 1.76. The third-order valence-electron chi connectivity index (χ3n) is 4.11. The van der Waals surface area contributed by atoms with Crippen molar-refractivity contribution in [2.75, 3.05) is 18.0 Å². The van der Waals surface area contributed by atoms with Crippen molar-refractivity contribution in [1.29, 1.82) is 0 Å². The van der Waals surface area contributed by atoms with Crippen LogP contribution in [0.2, 0.25) is 0 Å². The van der Waals surface area contributed by atoms with Gasteiger partial charge in [0.2, 0.25) is 11.0 Å². The van der Waals surface area contributed by atoms with Crippen molar-refractivity contribution in [1.82, 2.24) is 15.5 Å². The fourth-order valence-electron chi connectivity index (χ4n) is 3.39. The first-order valence-corrected chi connectivity index (χ1v) is 8.25. The molecule has 1 amide bonds. The number of hydrogen-bond acceptors (Lipinski definition) is 5. The number of fused-ring (bicyclic) bond motifs is 2. The van der Waals surface area contributed by atoms with Gasteiger partial charge in [0.25, 0.3) is 0 Å². The van der Waals surface area contributed by atoms with Gasteiger partial charge in [-0.1, -0.05) is 17.8 Å². The zero-order chi connectivity index (χ0) is 13.4. The highest BCUT2D eigenvalue weighted by atomic mass is 79.9. The summed E-state index contributed by atoms with van der Waals surface area (Å²) in [5.74, 6) is 1.17. The van der Waals surface area contributed by atoms with Crippen LogP contribution in [0.5, 0.6) is 0 Å². The van der Waals surface area contributed by atoms with E-state index >= 15 is 0 Å². The van der Waals surface area contributed by atoms with Crippen LogP contribution in [-0.2, 0) is 4.79 Å². The molecule has 0 unspecified atom stereocenters. The Morgan fingerprint density at radius 2 is 2.05 bits per heavy atom. The van der Waals surface area contributed by atoms with E-state index in [4.69, 9.17) is 0 Å². The molecule has 1 saturated heterocycles. The summed E-state index contributed by atoms with van der Waals surface area (Å²) in [6.45, 7) is 3.57. The SMILES string of the molecule is CC(=O)N[C@H]1[C@@H]2CCC[C@H]1CN(c1nnc(Br)s1)C2. The molecule has 1 N–H and O–H groups in total. The number of nitrogens with one attached hydrogen (secondary N) is 1. The molecule has 0 radical (unpaired) electrons. The lowest BCUT2D eigenvalue weighted by Gasteiger charge is -2.47. The van der Waals surface area contributed by atoms with Crippen molar-refractivity contribution in [3.63, 3.8) is 0 Å². The van der Waals surface area contributed by atoms with Crippen LogP contribution in [0.15, 0.2) is 3.92 Å². The van der Waals surface area contributed by atoms with E-state index in [0.717, 1.165) is 22.1 Å². The molecule has 1 aliphatic carbocycles. The smallest absolute Gasteiger partial charge is 0.217 e. The lowest BCUT2D eigenvalue weighted by molar-refractivity contribution is -0.120. The maximum atomic E-state index is 11.3. The number of hydrogen-bond donors (Lipinski definition) is 1. The van der Waals surface area contributed by atoms with Gasteiger partial charge in [0.1, 0.15) is 0 Å². The van der Waals surface area contributed by atoms with Crippen LogP contribution in [0.25, 0.3) is 0 Å². The Kier molecular flexibility index (Phi) is 3.75. The highest BCUT2D eigenvalue weighted by Gasteiger charge is 2.40. The first-order valence-electron chi connectivity index (χ1n) is 6.64. The predicted octanol–water partition coefficient (Wildman–Crippen LogP) is 2.04. The molecule has 2 bridgehead atoms. The average Bonchev–Trinajstić information content (AvgIpc) is 2.74. The van der Waals surface area contributed by atoms with E-state index in [-0.39, 0.29) is 5.91 Å². The first-order chi connectivity index (χ1) is 9.13. The molecule has 2 aliphatic rings. The van der Waals surface area contributed by atoms with E-state index in [0.29, 0.717) is 17.9 Å². The molecule has 1 aromatic rings. The van der Waals surface area contributed by atoms with Gasteiger partial charge in [0.05, 0.1) is 0 Å². The van der Waals surface area contributed by atoms with Crippen LogP contribution in [0.1, 0.15) is 26.2 Å². The molecule has 104 valence electrons. The van der Waals surface area contributed by atoms with E-state index in [1.807, 2.05) is 0 Å². The van der Waals surface area contributed by atoms with Crippen molar-refractivity contribution >= 4 is 38.3 Å². The standard InChI is InChI=1S/C12H17BrN4OS/c1-7(18)14-10-8-3-2-4-9(10)6-17(5-8)12-16-15-11(13)19-12/h8-10H,2-6H2,1H3,(H,14,18)/t8-,9+,10+. The van der Waals surface area contributed by atoms with Crippen LogP contribution >= 0.6 is 27.3 Å². The van der Waals surface area contributed by atoms with Crippen LogP contribution in [0, 0.1) is 11.8 Å². The Hall–Kier alpha value is -0.690. The highest BCUT2D eigenvalue weighted by molar-refractivity contribution is 9.11. The summed E-state index contributed by atoms with van der Waals surface area (Å²) in [6.07, 6.45) is 3.66. The third-order valence-corrected chi connectivity index (χ3v) is 5.52. The van der Waals surface area contributed by atoms with Crippen molar-refractivity contribution in [2.24, 2.45) is 11.8 Å². The Labute approximate surface area is 124 Å². The lowest BCUT2D eigenvalue weighted by atomic mass is 9.73. The van der Waals surface area contributed by atoms with Crippen molar-refractivity contribution in [3.8, 4) is 0 Å². The Morgan fingerprint density at radius 3 is 2.58 bits per heavy atom. The minimum absolute atomic E-state index is 0.0917. The summed E-state index contributed by atoms with van der Waals surface area (Å²) in [6, 6.07) is 0.346. The van der Waals surface area contributed by atoms with E-state index in [9.17, 15) is 4.79 Å².